The highest BCUT2D eigenvalue weighted by Gasteiger charge is 2.17. The molecule has 0 radical (unpaired) electrons. The maximum atomic E-state index is 13.0. The molecule has 0 saturated heterocycles. The Bertz CT molecular complexity index is 1260. The van der Waals surface area contributed by atoms with Gasteiger partial charge in [0.2, 0.25) is 5.91 Å². The highest BCUT2D eigenvalue weighted by molar-refractivity contribution is 6.09. The van der Waals surface area contributed by atoms with Crippen molar-refractivity contribution in [1.29, 1.82) is 0 Å². The Balaban J connectivity index is 0.00000157. The van der Waals surface area contributed by atoms with Crippen LogP contribution in [0.2, 0.25) is 0 Å². The zero-order valence-corrected chi connectivity index (χ0v) is 26.2. The maximum absolute atomic E-state index is 13.0. The van der Waals surface area contributed by atoms with E-state index in [0.29, 0.717) is 34.1 Å². The van der Waals surface area contributed by atoms with Crippen LogP contribution >= 0.6 is 0 Å². The normalized spacial score (nSPS) is 9.90. The molecule has 222 valence electrons. The molecule has 0 spiro atoms. The summed E-state index contributed by atoms with van der Waals surface area (Å²) in [6, 6.07) is 14.5. The number of nitrogens with one attached hydrogen (secondary N) is 2. The van der Waals surface area contributed by atoms with Gasteiger partial charge in [-0.15, -0.1) is 0 Å². The van der Waals surface area contributed by atoms with Crippen molar-refractivity contribution in [3.05, 3.63) is 84.1 Å². The van der Waals surface area contributed by atoms with Gasteiger partial charge in [-0.2, -0.15) is 0 Å². The summed E-state index contributed by atoms with van der Waals surface area (Å²) in [4.78, 5) is 33.6. The van der Waals surface area contributed by atoms with E-state index in [1.54, 1.807) is 31.5 Å². The molecule has 0 aliphatic rings. The zero-order valence-electron chi connectivity index (χ0n) is 26.2. The van der Waals surface area contributed by atoms with Crippen LogP contribution in [0.5, 0.6) is 5.75 Å². The summed E-state index contributed by atoms with van der Waals surface area (Å²) in [5.74, 6) is 0.623. The molecule has 0 aliphatic carbocycles. The van der Waals surface area contributed by atoms with Gasteiger partial charge >= 0.3 is 0 Å². The van der Waals surface area contributed by atoms with Crippen LogP contribution in [-0.4, -0.2) is 62.9 Å². The Morgan fingerprint density at radius 1 is 0.951 bits per heavy atom. The fourth-order valence-corrected chi connectivity index (χ4v) is 3.56. The van der Waals surface area contributed by atoms with E-state index in [-0.39, 0.29) is 11.7 Å². The lowest BCUT2D eigenvalue weighted by Gasteiger charge is -2.26. The molecule has 1 heterocycles. The van der Waals surface area contributed by atoms with E-state index in [2.05, 4.69) is 40.9 Å². The van der Waals surface area contributed by atoms with Crippen molar-refractivity contribution in [3.8, 4) is 5.75 Å². The molecule has 0 bridgehead atoms. The number of aryl methyl sites for hydroxylation is 1. The number of carbonyl (C=O) groups is 2. The van der Waals surface area contributed by atoms with Gasteiger partial charge in [-0.3, -0.25) is 9.59 Å². The van der Waals surface area contributed by atoms with Crippen LogP contribution in [0.4, 0.5) is 22.9 Å². The molecule has 41 heavy (non-hydrogen) atoms. The number of aromatic nitrogens is 1. The lowest BCUT2D eigenvalue weighted by atomic mass is 10.0. The first-order valence-corrected chi connectivity index (χ1v) is 14.0. The molecule has 0 atom stereocenters. The average molecular weight is 562 g/mol. The minimum atomic E-state index is -0.322. The number of likely N-dealkylation sites (N-methyl/N-ethyl adjacent to an activating group) is 2. The van der Waals surface area contributed by atoms with Crippen molar-refractivity contribution in [1.82, 2.24) is 9.88 Å². The van der Waals surface area contributed by atoms with Crippen LogP contribution in [0, 0.1) is 6.92 Å². The van der Waals surface area contributed by atoms with Crippen LogP contribution < -0.4 is 20.3 Å². The van der Waals surface area contributed by atoms with Crippen molar-refractivity contribution >= 4 is 34.6 Å². The van der Waals surface area contributed by atoms with Crippen molar-refractivity contribution in [2.45, 2.75) is 41.0 Å². The summed E-state index contributed by atoms with van der Waals surface area (Å²) in [6.07, 6.45) is 4.06. The smallest absolute Gasteiger partial charge is 0.247 e. The molecule has 2 aromatic carbocycles. The molecule has 8 heteroatoms. The first-order valence-electron chi connectivity index (χ1n) is 14.0. The Hall–Kier alpha value is -4.17. The van der Waals surface area contributed by atoms with Crippen LogP contribution in [-0.2, 0) is 4.79 Å². The Morgan fingerprint density at radius 3 is 2.15 bits per heavy atom. The maximum Gasteiger partial charge on any atom is 0.247 e. The second kappa shape index (κ2) is 18.2. The SMILES string of the molecule is C=CC(=O)Nc1cc(Nc2cc(C(=O)c3ccc(C)cc3)ccn2)c(OC)cc1N(C)CCN(C)C.CC.CCC. The van der Waals surface area contributed by atoms with Crippen LogP contribution in [0.3, 0.4) is 0 Å². The van der Waals surface area contributed by atoms with Gasteiger partial charge in [0.05, 0.1) is 24.2 Å². The van der Waals surface area contributed by atoms with Gasteiger partial charge in [0.15, 0.2) is 5.78 Å². The molecule has 2 N–H and O–H groups in total. The summed E-state index contributed by atoms with van der Waals surface area (Å²) in [6.45, 7) is 15.4. The van der Waals surface area contributed by atoms with Crippen molar-refractivity contribution in [2.75, 3.05) is 56.9 Å². The monoisotopic (exact) mass is 561 g/mol. The quantitative estimate of drug-likeness (QED) is 0.194. The summed E-state index contributed by atoms with van der Waals surface area (Å²) in [7, 11) is 7.55. The van der Waals surface area contributed by atoms with Gasteiger partial charge in [0.1, 0.15) is 11.6 Å². The van der Waals surface area contributed by atoms with E-state index in [0.717, 1.165) is 24.3 Å². The van der Waals surface area contributed by atoms with Gasteiger partial charge in [0, 0.05) is 43.5 Å². The number of benzene rings is 2. The lowest BCUT2D eigenvalue weighted by Crippen LogP contribution is -2.29. The largest absolute Gasteiger partial charge is 0.494 e. The Kier molecular flexibility index (Phi) is 15.5. The number of pyridine rings is 1. The summed E-state index contributed by atoms with van der Waals surface area (Å²) in [5.41, 5.74) is 4.19. The first kappa shape index (κ1) is 34.9. The molecule has 8 nitrogen and oxygen atoms in total. The zero-order chi connectivity index (χ0) is 30.9. The topological polar surface area (TPSA) is 86.8 Å². The minimum absolute atomic E-state index is 0.0933. The van der Waals surface area contributed by atoms with E-state index in [1.165, 1.54) is 12.5 Å². The van der Waals surface area contributed by atoms with Gasteiger partial charge < -0.3 is 25.2 Å². The summed E-state index contributed by atoms with van der Waals surface area (Å²) >= 11 is 0. The third-order valence-electron chi connectivity index (χ3n) is 5.65. The van der Waals surface area contributed by atoms with Gasteiger partial charge in [-0.25, -0.2) is 4.98 Å². The van der Waals surface area contributed by atoms with E-state index in [9.17, 15) is 9.59 Å². The molecule has 1 amide bonds. The van der Waals surface area contributed by atoms with Crippen molar-refractivity contribution in [2.24, 2.45) is 0 Å². The molecule has 3 aromatic rings. The van der Waals surface area contributed by atoms with Crippen LogP contribution in [0.1, 0.15) is 55.6 Å². The second-order valence-electron chi connectivity index (χ2n) is 9.44. The summed E-state index contributed by atoms with van der Waals surface area (Å²) in [5, 5.41) is 6.11. The molecule has 0 saturated carbocycles. The van der Waals surface area contributed by atoms with E-state index >= 15 is 0 Å². The number of carbonyl (C=O) groups excluding carboxylic acids is 2. The lowest BCUT2D eigenvalue weighted by molar-refractivity contribution is -0.111. The number of methoxy groups -OCH3 is 1. The highest BCUT2D eigenvalue weighted by atomic mass is 16.5. The number of amides is 1. The van der Waals surface area contributed by atoms with E-state index < -0.39 is 0 Å². The number of ketones is 1. The van der Waals surface area contributed by atoms with Gasteiger partial charge in [0.25, 0.3) is 0 Å². The average Bonchev–Trinajstić information content (AvgIpc) is 2.97. The number of ether oxygens (including phenoxy) is 1. The number of rotatable bonds is 11. The highest BCUT2D eigenvalue weighted by Crippen LogP contribution is 2.38. The van der Waals surface area contributed by atoms with Crippen LogP contribution in [0.15, 0.2) is 67.4 Å². The molecular formula is C33H47N5O3. The Labute approximate surface area is 246 Å². The predicted molar refractivity (Wildman–Crippen MR) is 173 cm³/mol. The first-order chi connectivity index (χ1) is 19.6. The molecular weight excluding hydrogens is 514 g/mol. The predicted octanol–water partition coefficient (Wildman–Crippen LogP) is 6.94. The number of hydrogen-bond donors (Lipinski definition) is 2. The van der Waals surface area contributed by atoms with Crippen molar-refractivity contribution in [3.63, 3.8) is 0 Å². The molecule has 3 rings (SSSR count). The van der Waals surface area contributed by atoms with Crippen LogP contribution in [0.25, 0.3) is 0 Å². The number of anilines is 4. The number of nitrogens with zero attached hydrogens (tertiary/aromatic N) is 3. The van der Waals surface area contributed by atoms with E-state index in [4.69, 9.17) is 4.74 Å². The van der Waals surface area contributed by atoms with Gasteiger partial charge in [-0.1, -0.05) is 70.5 Å². The fraction of sp³-hybridized carbons (Fsp3) is 0.364. The van der Waals surface area contributed by atoms with Gasteiger partial charge in [-0.05, 0) is 45.3 Å². The minimum Gasteiger partial charge on any atom is -0.494 e. The molecule has 0 aliphatic heterocycles. The Morgan fingerprint density at radius 2 is 1.59 bits per heavy atom. The molecule has 1 aromatic heterocycles. The fourth-order valence-electron chi connectivity index (χ4n) is 3.56. The standard InChI is InChI=1S/C28H33N5O3.C3H8.C2H6/c1-7-27(34)31-22-17-23(25(36-6)18-24(22)33(5)15-14-32(3)4)30-26-16-21(12-13-29-26)28(35)20-10-8-19(2)9-11-20;1-3-2;1-2/h7-13,16-18H,1,14-15H2,2-6H3,(H,29,30)(H,31,34);3H2,1-2H3;1-2H3. The molecule has 0 fully saturated rings. The third-order valence-corrected chi connectivity index (χ3v) is 5.65. The third kappa shape index (κ3) is 11.1. The van der Waals surface area contributed by atoms with E-state index in [1.807, 2.05) is 77.1 Å². The van der Waals surface area contributed by atoms with Crippen molar-refractivity contribution < 1.29 is 14.3 Å². The number of hydrogen-bond acceptors (Lipinski definition) is 7. The molecule has 0 unspecified atom stereocenters. The summed E-state index contributed by atoms with van der Waals surface area (Å²) < 4.78 is 5.65. The second-order valence-corrected chi connectivity index (χ2v) is 9.44.